The van der Waals surface area contributed by atoms with Crippen LogP contribution in [-0.2, 0) is 6.42 Å². The highest BCUT2D eigenvalue weighted by atomic mass is 32.1. The fourth-order valence-electron chi connectivity index (χ4n) is 2.00. The molecule has 4 heteroatoms. The van der Waals surface area contributed by atoms with Gasteiger partial charge >= 0.3 is 0 Å². The molecule has 2 aromatic rings. The van der Waals surface area contributed by atoms with Gasteiger partial charge in [-0.25, -0.2) is 4.98 Å². The Morgan fingerprint density at radius 3 is 2.83 bits per heavy atom. The number of aryl methyl sites for hydroxylation is 2. The number of rotatable bonds is 3. The summed E-state index contributed by atoms with van der Waals surface area (Å²) in [5, 5.41) is 11.5. The predicted molar refractivity (Wildman–Crippen MR) is 72.9 cm³/mol. The van der Waals surface area contributed by atoms with E-state index in [2.05, 4.69) is 30.1 Å². The highest BCUT2D eigenvalue weighted by molar-refractivity contribution is 7.10. The molecule has 1 heterocycles. The zero-order valence-corrected chi connectivity index (χ0v) is 11.5. The molecule has 0 aliphatic heterocycles. The first-order chi connectivity index (χ1) is 8.65. The van der Waals surface area contributed by atoms with Crippen molar-refractivity contribution in [2.45, 2.75) is 20.3 Å². The van der Waals surface area contributed by atoms with Crippen molar-refractivity contribution in [1.29, 1.82) is 5.26 Å². The van der Waals surface area contributed by atoms with E-state index >= 15 is 0 Å². The van der Waals surface area contributed by atoms with E-state index in [1.807, 2.05) is 12.3 Å². The molecule has 18 heavy (non-hydrogen) atoms. The molecule has 0 bridgehead atoms. The van der Waals surface area contributed by atoms with Crippen molar-refractivity contribution in [2.75, 3.05) is 7.11 Å². The average Bonchev–Trinajstić information content (AvgIpc) is 2.77. The Kier molecular flexibility index (Phi) is 3.63. The van der Waals surface area contributed by atoms with Crippen molar-refractivity contribution in [1.82, 2.24) is 4.98 Å². The monoisotopic (exact) mass is 258 g/mol. The molecule has 2 rings (SSSR count). The van der Waals surface area contributed by atoms with Crippen molar-refractivity contribution in [3.63, 3.8) is 0 Å². The number of methoxy groups -OCH3 is 1. The Morgan fingerprint density at radius 1 is 1.39 bits per heavy atom. The number of benzene rings is 1. The van der Waals surface area contributed by atoms with Gasteiger partial charge in [0.25, 0.3) is 0 Å². The topological polar surface area (TPSA) is 45.9 Å². The van der Waals surface area contributed by atoms with E-state index < -0.39 is 0 Å². The highest BCUT2D eigenvalue weighted by Gasteiger charge is 2.12. The molecule has 0 aliphatic carbocycles. The quantitative estimate of drug-likeness (QED) is 0.846. The molecule has 0 fully saturated rings. The van der Waals surface area contributed by atoms with E-state index in [0.717, 1.165) is 27.6 Å². The summed E-state index contributed by atoms with van der Waals surface area (Å²) in [4.78, 5) is 4.48. The zero-order valence-electron chi connectivity index (χ0n) is 10.7. The fourth-order valence-corrected chi connectivity index (χ4v) is 2.73. The third kappa shape index (κ3) is 2.36. The second-order valence-corrected chi connectivity index (χ2v) is 5.07. The second kappa shape index (κ2) is 5.19. The standard InChI is InChI=1S/C14H14N2OS/c1-9-6-10(2)14(17-3)11(7-9)12-8-18-13(16-12)4-5-15/h6-8H,4H2,1-3H3. The highest BCUT2D eigenvalue weighted by Crippen LogP contribution is 2.34. The summed E-state index contributed by atoms with van der Waals surface area (Å²) < 4.78 is 5.45. The number of nitrogens with zero attached hydrogens (tertiary/aromatic N) is 2. The lowest BCUT2D eigenvalue weighted by atomic mass is 10.0. The summed E-state index contributed by atoms with van der Waals surface area (Å²) in [5.41, 5.74) is 4.16. The molecule has 0 radical (unpaired) electrons. The van der Waals surface area contributed by atoms with E-state index in [4.69, 9.17) is 10.00 Å². The minimum atomic E-state index is 0.359. The van der Waals surface area contributed by atoms with Gasteiger partial charge in [-0.1, -0.05) is 6.07 Å². The van der Waals surface area contributed by atoms with Gasteiger partial charge in [-0.05, 0) is 31.0 Å². The van der Waals surface area contributed by atoms with Crippen molar-refractivity contribution in [3.05, 3.63) is 33.6 Å². The van der Waals surface area contributed by atoms with Crippen LogP contribution < -0.4 is 4.74 Å². The Bertz CT molecular complexity index is 611. The van der Waals surface area contributed by atoms with Crippen LogP contribution in [0.15, 0.2) is 17.5 Å². The van der Waals surface area contributed by atoms with E-state index in [-0.39, 0.29) is 0 Å². The number of aromatic nitrogens is 1. The van der Waals surface area contributed by atoms with Crippen LogP contribution in [0.3, 0.4) is 0 Å². The number of hydrogen-bond acceptors (Lipinski definition) is 4. The first-order valence-corrected chi connectivity index (χ1v) is 6.50. The van der Waals surface area contributed by atoms with Gasteiger partial charge < -0.3 is 4.74 Å². The molecule has 1 aromatic heterocycles. The third-order valence-electron chi connectivity index (χ3n) is 2.68. The van der Waals surface area contributed by atoms with Crippen LogP contribution >= 0.6 is 11.3 Å². The lowest BCUT2D eigenvalue weighted by Crippen LogP contribution is -1.93. The molecule has 0 atom stereocenters. The average molecular weight is 258 g/mol. The molecule has 0 N–H and O–H groups in total. The van der Waals surface area contributed by atoms with Crippen LogP contribution in [0.2, 0.25) is 0 Å². The van der Waals surface area contributed by atoms with Gasteiger partial charge in [0, 0.05) is 10.9 Å². The molecule has 0 spiro atoms. The maximum atomic E-state index is 8.68. The molecule has 0 saturated heterocycles. The van der Waals surface area contributed by atoms with E-state index in [1.165, 1.54) is 16.9 Å². The number of ether oxygens (including phenoxy) is 1. The zero-order chi connectivity index (χ0) is 13.1. The molecule has 1 aromatic carbocycles. The minimum absolute atomic E-state index is 0.359. The molecular weight excluding hydrogens is 244 g/mol. The SMILES string of the molecule is COc1c(C)cc(C)cc1-c1csc(CC#N)n1. The summed E-state index contributed by atoms with van der Waals surface area (Å²) in [6.45, 7) is 4.08. The van der Waals surface area contributed by atoms with Crippen LogP contribution in [0.1, 0.15) is 16.1 Å². The van der Waals surface area contributed by atoms with E-state index in [1.54, 1.807) is 7.11 Å². The van der Waals surface area contributed by atoms with Gasteiger partial charge in [-0.2, -0.15) is 5.26 Å². The first kappa shape index (κ1) is 12.6. The number of thiazole rings is 1. The van der Waals surface area contributed by atoms with E-state index in [0.29, 0.717) is 6.42 Å². The van der Waals surface area contributed by atoms with Gasteiger partial charge in [0.1, 0.15) is 10.8 Å². The first-order valence-electron chi connectivity index (χ1n) is 5.62. The summed E-state index contributed by atoms with van der Waals surface area (Å²) in [6, 6.07) is 6.27. The smallest absolute Gasteiger partial charge is 0.131 e. The summed E-state index contributed by atoms with van der Waals surface area (Å²) >= 11 is 1.51. The van der Waals surface area contributed by atoms with Gasteiger partial charge in [0.15, 0.2) is 0 Å². The molecule has 0 unspecified atom stereocenters. The van der Waals surface area contributed by atoms with Crippen LogP contribution in [0.4, 0.5) is 0 Å². The van der Waals surface area contributed by atoms with Gasteiger partial charge in [0.05, 0.1) is 25.3 Å². The summed E-state index contributed by atoms with van der Waals surface area (Å²) in [6.07, 6.45) is 0.359. The maximum Gasteiger partial charge on any atom is 0.131 e. The third-order valence-corrected chi connectivity index (χ3v) is 3.53. The van der Waals surface area contributed by atoms with Gasteiger partial charge in [-0.15, -0.1) is 11.3 Å². The van der Waals surface area contributed by atoms with Crippen molar-refractivity contribution in [2.24, 2.45) is 0 Å². The van der Waals surface area contributed by atoms with Crippen molar-refractivity contribution >= 4 is 11.3 Å². The Morgan fingerprint density at radius 2 is 2.17 bits per heavy atom. The number of nitriles is 1. The van der Waals surface area contributed by atoms with E-state index in [9.17, 15) is 0 Å². The van der Waals surface area contributed by atoms with Gasteiger partial charge in [0.2, 0.25) is 0 Å². The van der Waals surface area contributed by atoms with Crippen LogP contribution in [0.25, 0.3) is 11.3 Å². The number of hydrogen-bond donors (Lipinski definition) is 0. The fraction of sp³-hybridized carbons (Fsp3) is 0.286. The molecule has 0 aliphatic rings. The lowest BCUT2D eigenvalue weighted by molar-refractivity contribution is 0.413. The predicted octanol–water partition coefficient (Wildman–Crippen LogP) is 3.50. The van der Waals surface area contributed by atoms with Crippen molar-refractivity contribution < 1.29 is 4.74 Å². The summed E-state index contributed by atoms with van der Waals surface area (Å²) in [7, 11) is 1.67. The molecule has 3 nitrogen and oxygen atoms in total. The Balaban J connectivity index is 2.52. The summed E-state index contributed by atoms with van der Waals surface area (Å²) in [5.74, 6) is 0.856. The van der Waals surface area contributed by atoms with Crippen LogP contribution in [-0.4, -0.2) is 12.1 Å². The van der Waals surface area contributed by atoms with Crippen LogP contribution in [0.5, 0.6) is 5.75 Å². The molecule has 92 valence electrons. The largest absolute Gasteiger partial charge is 0.496 e. The minimum Gasteiger partial charge on any atom is -0.496 e. The van der Waals surface area contributed by atoms with Crippen LogP contribution in [0, 0.1) is 25.2 Å². The van der Waals surface area contributed by atoms with Crippen molar-refractivity contribution in [3.8, 4) is 23.1 Å². The molecule has 0 saturated carbocycles. The lowest BCUT2D eigenvalue weighted by Gasteiger charge is -2.11. The Hall–Kier alpha value is -1.86. The molecule has 0 amide bonds. The normalized spacial score (nSPS) is 10.1. The maximum absolute atomic E-state index is 8.68. The Labute approximate surface area is 111 Å². The molecular formula is C14H14N2OS. The second-order valence-electron chi connectivity index (χ2n) is 4.12. The van der Waals surface area contributed by atoms with Gasteiger partial charge in [-0.3, -0.25) is 0 Å².